The zero-order valence-electron chi connectivity index (χ0n) is 10.9. The van der Waals surface area contributed by atoms with Crippen LogP contribution in [0.4, 0.5) is 10.5 Å². The predicted octanol–water partition coefficient (Wildman–Crippen LogP) is 4.81. The number of carbonyl (C=O) groups excluding carboxylic acids is 1. The molecule has 0 aliphatic heterocycles. The Balaban J connectivity index is 1.94. The molecule has 2 rings (SSSR count). The maximum atomic E-state index is 11.7. The lowest BCUT2D eigenvalue weighted by atomic mass is 10.2. The van der Waals surface area contributed by atoms with Crippen LogP contribution in [0.15, 0.2) is 53.4 Å². The van der Waals surface area contributed by atoms with Gasteiger partial charge in [0.05, 0.1) is 10.7 Å². The van der Waals surface area contributed by atoms with Gasteiger partial charge in [0.25, 0.3) is 0 Å². The van der Waals surface area contributed by atoms with Crippen molar-refractivity contribution in [2.75, 3.05) is 11.6 Å². The zero-order valence-corrected chi connectivity index (χ0v) is 12.5. The summed E-state index contributed by atoms with van der Waals surface area (Å²) >= 11 is 7.61. The van der Waals surface area contributed by atoms with Crippen LogP contribution >= 0.6 is 23.4 Å². The van der Waals surface area contributed by atoms with Gasteiger partial charge in [0.15, 0.2) is 0 Å². The van der Waals surface area contributed by atoms with Crippen LogP contribution in [-0.2, 0) is 11.3 Å². The van der Waals surface area contributed by atoms with E-state index in [1.807, 2.05) is 48.7 Å². The molecule has 1 N–H and O–H groups in total. The van der Waals surface area contributed by atoms with Crippen molar-refractivity contribution in [2.24, 2.45) is 0 Å². The van der Waals surface area contributed by atoms with Crippen LogP contribution in [0.25, 0.3) is 0 Å². The predicted molar refractivity (Wildman–Crippen MR) is 83.5 cm³/mol. The van der Waals surface area contributed by atoms with E-state index in [4.69, 9.17) is 16.3 Å². The Bertz CT molecular complexity index is 590. The van der Waals surface area contributed by atoms with Crippen molar-refractivity contribution in [3.63, 3.8) is 0 Å². The lowest BCUT2D eigenvalue weighted by Crippen LogP contribution is -2.13. The summed E-state index contributed by atoms with van der Waals surface area (Å²) in [7, 11) is 0. The number of anilines is 1. The molecule has 0 atom stereocenters. The summed E-state index contributed by atoms with van der Waals surface area (Å²) < 4.78 is 5.15. The molecular formula is C15H14ClNO2S. The number of hydrogen-bond donors (Lipinski definition) is 1. The first kappa shape index (κ1) is 14.8. The van der Waals surface area contributed by atoms with Crippen LogP contribution in [-0.4, -0.2) is 12.3 Å². The van der Waals surface area contributed by atoms with E-state index in [0.717, 1.165) is 10.5 Å². The van der Waals surface area contributed by atoms with Crippen molar-refractivity contribution >= 4 is 35.1 Å². The molecule has 5 heteroatoms. The van der Waals surface area contributed by atoms with Crippen molar-refractivity contribution in [1.29, 1.82) is 0 Å². The smallest absolute Gasteiger partial charge is 0.412 e. The van der Waals surface area contributed by atoms with Gasteiger partial charge in [-0.2, -0.15) is 0 Å². The zero-order chi connectivity index (χ0) is 14.4. The van der Waals surface area contributed by atoms with Crippen molar-refractivity contribution in [2.45, 2.75) is 11.5 Å². The third-order valence-corrected chi connectivity index (χ3v) is 3.68. The van der Waals surface area contributed by atoms with Crippen molar-refractivity contribution in [3.8, 4) is 0 Å². The summed E-state index contributed by atoms with van der Waals surface area (Å²) in [5, 5.41) is 3.13. The van der Waals surface area contributed by atoms with Crippen LogP contribution in [0.3, 0.4) is 0 Å². The monoisotopic (exact) mass is 307 g/mol. The fraction of sp³-hybridized carbons (Fsp3) is 0.133. The summed E-state index contributed by atoms with van der Waals surface area (Å²) in [5.74, 6) is 0. The van der Waals surface area contributed by atoms with Crippen LogP contribution in [0.2, 0.25) is 5.02 Å². The number of thioether (sulfide) groups is 1. The second kappa shape index (κ2) is 7.22. The first-order valence-corrected chi connectivity index (χ1v) is 7.60. The molecule has 20 heavy (non-hydrogen) atoms. The molecule has 0 radical (unpaired) electrons. The van der Waals surface area contributed by atoms with Gasteiger partial charge in [-0.1, -0.05) is 41.9 Å². The minimum atomic E-state index is -0.519. The maximum absolute atomic E-state index is 11.7. The van der Waals surface area contributed by atoms with E-state index >= 15 is 0 Å². The summed E-state index contributed by atoms with van der Waals surface area (Å²) in [6.45, 7) is 0.229. The van der Waals surface area contributed by atoms with Gasteiger partial charge in [0.2, 0.25) is 0 Å². The fourth-order valence-corrected chi connectivity index (χ4v) is 2.20. The molecule has 0 spiro atoms. The van der Waals surface area contributed by atoms with Crippen LogP contribution in [0.5, 0.6) is 0 Å². The Morgan fingerprint density at radius 3 is 2.70 bits per heavy atom. The Hall–Kier alpha value is -1.65. The van der Waals surface area contributed by atoms with Gasteiger partial charge in [0, 0.05) is 4.90 Å². The van der Waals surface area contributed by atoms with E-state index in [-0.39, 0.29) is 6.61 Å². The van der Waals surface area contributed by atoms with Crippen LogP contribution in [0, 0.1) is 0 Å². The Morgan fingerprint density at radius 1 is 1.25 bits per heavy atom. The number of nitrogens with one attached hydrogen (secondary N) is 1. The van der Waals surface area contributed by atoms with Crippen molar-refractivity contribution < 1.29 is 9.53 Å². The lowest BCUT2D eigenvalue weighted by molar-refractivity contribution is 0.155. The largest absolute Gasteiger partial charge is 0.444 e. The third kappa shape index (κ3) is 4.18. The highest BCUT2D eigenvalue weighted by atomic mass is 35.5. The standard InChI is InChI=1S/C15H14ClNO2S/c1-20-12-7-8-13(16)14(9-12)17-15(18)19-10-11-5-3-2-4-6-11/h2-9H,10H2,1H3,(H,17,18). The molecule has 0 aromatic heterocycles. The summed E-state index contributed by atoms with van der Waals surface area (Å²) in [6, 6.07) is 15.0. The van der Waals surface area contributed by atoms with Crippen molar-refractivity contribution in [3.05, 3.63) is 59.1 Å². The summed E-state index contributed by atoms with van der Waals surface area (Å²) in [4.78, 5) is 12.8. The molecule has 0 aliphatic carbocycles. The molecule has 0 fully saturated rings. The Labute approximate surface area is 127 Å². The molecule has 3 nitrogen and oxygen atoms in total. The molecular weight excluding hydrogens is 294 g/mol. The second-order valence-electron chi connectivity index (χ2n) is 4.03. The van der Waals surface area contributed by atoms with Gasteiger partial charge in [-0.05, 0) is 30.0 Å². The molecule has 1 amide bonds. The van der Waals surface area contributed by atoms with E-state index < -0.39 is 6.09 Å². The van der Waals surface area contributed by atoms with E-state index in [1.165, 1.54) is 0 Å². The summed E-state index contributed by atoms with van der Waals surface area (Å²) in [5.41, 5.74) is 1.49. The van der Waals surface area contributed by atoms with Gasteiger partial charge in [0.1, 0.15) is 6.61 Å². The molecule has 2 aromatic carbocycles. The number of benzene rings is 2. The SMILES string of the molecule is CSc1ccc(Cl)c(NC(=O)OCc2ccccc2)c1. The number of rotatable bonds is 4. The molecule has 0 saturated heterocycles. The highest BCUT2D eigenvalue weighted by Gasteiger charge is 2.08. The molecule has 104 valence electrons. The minimum Gasteiger partial charge on any atom is -0.444 e. The third-order valence-electron chi connectivity index (χ3n) is 2.62. The van der Waals surface area contributed by atoms with E-state index in [1.54, 1.807) is 17.8 Å². The van der Waals surface area contributed by atoms with E-state index in [2.05, 4.69) is 5.32 Å². The highest BCUT2D eigenvalue weighted by molar-refractivity contribution is 7.98. The lowest BCUT2D eigenvalue weighted by Gasteiger charge is -2.09. The number of carbonyl (C=O) groups is 1. The molecule has 0 aliphatic rings. The fourth-order valence-electron chi connectivity index (χ4n) is 1.60. The van der Waals surface area contributed by atoms with Gasteiger partial charge in [-0.15, -0.1) is 11.8 Å². The number of halogens is 1. The minimum absolute atomic E-state index is 0.229. The molecule has 2 aromatic rings. The van der Waals surface area contributed by atoms with Gasteiger partial charge >= 0.3 is 6.09 Å². The van der Waals surface area contributed by atoms with Crippen LogP contribution in [0.1, 0.15) is 5.56 Å². The Kier molecular flexibility index (Phi) is 5.32. The van der Waals surface area contributed by atoms with Crippen LogP contribution < -0.4 is 5.32 Å². The van der Waals surface area contributed by atoms with Gasteiger partial charge < -0.3 is 4.74 Å². The van der Waals surface area contributed by atoms with Gasteiger partial charge in [-0.25, -0.2) is 4.79 Å². The van der Waals surface area contributed by atoms with Gasteiger partial charge in [-0.3, -0.25) is 5.32 Å². The van der Waals surface area contributed by atoms with E-state index in [9.17, 15) is 4.79 Å². The first-order valence-electron chi connectivity index (χ1n) is 6.00. The quantitative estimate of drug-likeness (QED) is 0.824. The average Bonchev–Trinajstić information content (AvgIpc) is 2.48. The molecule has 0 saturated carbocycles. The molecule has 0 bridgehead atoms. The number of hydrogen-bond acceptors (Lipinski definition) is 3. The molecule has 0 unspecified atom stereocenters. The van der Waals surface area contributed by atoms with Crippen molar-refractivity contribution in [1.82, 2.24) is 0 Å². The highest BCUT2D eigenvalue weighted by Crippen LogP contribution is 2.27. The number of ether oxygens (including phenoxy) is 1. The summed E-state index contributed by atoms with van der Waals surface area (Å²) in [6.07, 6.45) is 1.44. The normalized spacial score (nSPS) is 10.1. The Morgan fingerprint density at radius 2 is 2.00 bits per heavy atom. The number of amides is 1. The first-order chi connectivity index (χ1) is 9.69. The molecule has 0 heterocycles. The maximum Gasteiger partial charge on any atom is 0.412 e. The second-order valence-corrected chi connectivity index (χ2v) is 5.32. The van der Waals surface area contributed by atoms with E-state index in [0.29, 0.717) is 10.7 Å². The average molecular weight is 308 g/mol. The topological polar surface area (TPSA) is 38.3 Å².